The third kappa shape index (κ3) is 2.25. The molecule has 1 aliphatic carbocycles. The third-order valence-corrected chi connectivity index (χ3v) is 3.59. The molecule has 0 heterocycles. The van der Waals surface area contributed by atoms with E-state index in [2.05, 4.69) is 35.7 Å². The zero-order valence-corrected chi connectivity index (χ0v) is 10.6. The monoisotopic (exact) mass is 249 g/mol. The van der Waals surface area contributed by atoms with Gasteiger partial charge in [-0.05, 0) is 42.2 Å². The van der Waals surface area contributed by atoms with Crippen LogP contribution in [-0.2, 0) is 12.8 Å². The molecule has 19 heavy (non-hydrogen) atoms. The molecule has 0 radical (unpaired) electrons. The Morgan fingerprint density at radius 1 is 1.11 bits per heavy atom. The molecular formula is C16H15N3. The van der Waals surface area contributed by atoms with Gasteiger partial charge in [0.05, 0.1) is 23.0 Å². The van der Waals surface area contributed by atoms with Gasteiger partial charge in [-0.1, -0.05) is 24.3 Å². The summed E-state index contributed by atoms with van der Waals surface area (Å²) in [5.74, 6) is 0. The van der Waals surface area contributed by atoms with Gasteiger partial charge in [-0.15, -0.1) is 0 Å². The molecule has 0 unspecified atom stereocenters. The van der Waals surface area contributed by atoms with Gasteiger partial charge < -0.3 is 11.1 Å². The highest BCUT2D eigenvalue weighted by Gasteiger charge is 2.21. The van der Waals surface area contributed by atoms with Gasteiger partial charge >= 0.3 is 0 Å². The summed E-state index contributed by atoms with van der Waals surface area (Å²) >= 11 is 0. The fourth-order valence-electron chi connectivity index (χ4n) is 2.64. The standard InChI is InChI=1S/C16H15N3/c17-10-11-5-6-16(15(18)7-11)19-14-8-12-3-1-2-4-13(12)9-14/h1-7,14,19H,8-9,18H2. The highest BCUT2D eigenvalue weighted by atomic mass is 14.9. The Bertz CT molecular complexity index is 630. The molecule has 0 aromatic heterocycles. The number of nitrogens with two attached hydrogens (primary N) is 1. The molecule has 2 aromatic rings. The second-order valence-electron chi connectivity index (χ2n) is 4.93. The van der Waals surface area contributed by atoms with Crippen molar-refractivity contribution in [3.63, 3.8) is 0 Å². The number of nitriles is 1. The first-order chi connectivity index (χ1) is 9.26. The second kappa shape index (κ2) is 4.66. The summed E-state index contributed by atoms with van der Waals surface area (Å²) in [5, 5.41) is 12.3. The van der Waals surface area contributed by atoms with Crippen molar-refractivity contribution in [2.75, 3.05) is 11.1 Å². The Balaban J connectivity index is 1.76. The first-order valence-electron chi connectivity index (χ1n) is 6.39. The van der Waals surface area contributed by atoms with E-state index in [9.17, 15) is 0 Å². The van der Waals surface area contributed by atoms with E-state index in [1.807, 2.05) is 6.07 Å². The Morgan fingerprint density at radius 3 is 2.37 bits per heavy atom. The fourth-order valence-corrected chi connectivity index (χ4v) is 2.64. The minimum Gasteiger partial charge on any atom is -0.397 e. The molecule has 3 heteroatoms. The van der Waals surface area contributed by atoms with E-state index in [0.717, 1.165) is 18.5 Å². The number of nitrogens with zero attached hydrogens (tertiary/aromatic N) is 1. The maximum Gasteiger partial charge on any atom is 0.0992 e. The van der Waals surface area contributed by atoms with Crippen LogP contribution in [0.15, 0.2) is 42.5 Å². The Hall–Kier alpha value is -2.47. The second-order valence-corrected chi connectivity index (χ2v) is 4.93. The van der Waals surface area contributed by atoms with Gasteiger partial charge in [-0.25, -0.2) is 0 Å². The zero-order chi connectivity index (χ0) is 13.2. The summed E-state index contributed by atoms with van der Waals surface area (Å²) < 4.78 is 0. The van der Waals surface area contributed by atoms with Gasteiger partial charge in [0.1, 0.15) is 0 Å². The maximum absolute atomic E-state index is 8.83. The van der Waals surface area contributed by atoms with Crippen molar-refractivity contribution in [3.05, 3.63) is 59.2 Å². The molecule has 0 aliphatic heterocycles. The van der Waals surface area contributed by atoms with Crippen LogP contribution in [0.25, 0.3) is 0 Å². The predicted octanol–water partition coefficient (Wildman–Crippen LogP) is 2.72. The lowest BCUT2D eigenvalue weighted by Gasteiger charge is -2.15. The van der Waals surface area contributed by atoms with Crippen LogP contribution in [0.3, 0.4) is 0 Å². The number of anilines is 2. The molecule has 0 saturated heterocycles. The average molecular weight is 249 g/mol. The van der Waals surface area contributed by atoms with Gasteiger partial charge in [0.25, 0.3) is 0 Å². The number of nitrogens with one attached hydrogen (secondary N) is 1. The van der Waals surface area contributed by atoms with Crippen LogP contribution in [0.5, 0.6) is 0 Å². The summed E-state index contributed by atoms with van der Waals surface area (Å²) in [5.41, 5.74) is 10.9. The first-order valence-corrected chi connectivity index (χ1v) is 6.39. The normalized spacial score (nSPS) is 13.8. The highest BCUT2D eigenvalue weighted by Crippen LogP contribution is 2.27. The lowest BCUT2D eigenvalue weighted by molar-refractivity contribution is 0.775. The SMILES string of the molecule is N#Cc1ccc(NC2Cc3ccccc3C2)c(N)c1. The van der Waals surface area contributed by atoms with Gasteiger partial charge in [0, 0.05) is 6.04 Å². The number of fused-ring (bicyclic) bond motifs is 1. The van der Waals surface area contributed by atoms with E-state index in [1.165, 1.54) is 11.1 Å². The van der Waals surface area contributed by atoms with Crippen LogP contribution in [0.4, 0.5) is 11.4 Å². The molecule has 2 aromatic carbocycles. The molecule has 3 rings (SSSR count). The molecule has 3 N–H and O–H groups in total. The molecule has 3 nitrogen and oxygen atoms in total. The molecule has 0 atom stereocenters. The van der Waals surface area contributed by atoms with Gasteiger partial charge in [0.2, 0.25) is 0 Å². The Kier molecular flexibility index (Phi) is 2.85. The van der Waals surface area contributed by atoms with E-state index in [0.29, 0.717) is 17.3 Å². The molecular weight excluding hydrogens is 234 g/mol. The fraction of sp³-hybridized carbons (Fsp3) is 0.188. The Labute approximate surface area is 112 Å². The highest BCUT2D eigenvalue weighted by molar-refractivity contribution is 5.68. The average Bonchev–Trinajstić information content (AvgIpc) is 2.83. The number of hydrogen-bond acceptors (Lipinski definition) is 3. The van der Waals surface area contributed by atoms with Crippen LogP contribution >= 0.6 is 0 Å². The summed E-state index contributed by atoms with van der Waals surface area (Å²) in [4.78, 5) is 0. The molecule has 0 bridgehead atoms. The first kappa shape index (κ1) is 11.6. The van der Waals surface area contributed by atoms with Crippen molar-refractivity contribution >= 4 is 11.4 Å². The van der Waals surface area contributed by atoms with E-state index in [-0.39, 0.29) is 0 Å². The summed E-state index contributed by atoms with van der Waals surface area (Å²) in [6.45, 7) is 0. The van der Waals surface area contributed by atoms with E-state index in [1.54, 1.807) is 12.1 Å². The minimum absolute atomic E-state index is 0.382. The van der Waals surface area contributed by atoms with E-state index < -0.39 is 0 Å². The van der Waals surface area contributed by atoms with Crippen molar-refractivity contribution in [3.8, 4) is 6.07 Å². The number of nitrogen functional groups attached to an aromatic ring is 1. The maximum atomic E-state index is 8.83. The van der Waals surface area contributed by atoms with Crippen molar-refractivity contribution in [1.29, 1.82) is 5.26 Å². The Morgan fingerprint density at radius 2 is 1.79 bits per heavy atom. The number of hydrogen-bond donors (Lipinski definition) is 2. The topological polar surface area (TPSA) is 61.8 Å². The van der Waals surface area contributed by atoms with Crippen LogP contribution in [0.2, 0.25) is 0 Å². The quantitative estimate of drug-likeness (QED) is 0.804. The molecule has 0 spiro atoms. The van der Waals surface area contributed by atoms with E-state index in [4.69, 9.17) is 11.0 Å². The third-order valence-electron chi connectivity index (χ3n) is 3.59. The molecule has 0 fully saturated rings. The number of rotatable bonds is 2. The van der Waals surface area contributed by atoms with E-state index >= 15 is 0 Å². The number of benzene rings is 2. The van der Waals surface area contributed by atoms with Crippen molar-refractivity contribution in [2.45, 2.75) is 18.9 Å². The molecule has 1 aliphatic rings. The van der Waals surface area contributed by atoms with Crippen LogP contribution < -0.4 is 11.1 Å². The molecule has 94 valence electrons. The van der Waals surface area contributed by atoms with Crippen LogP contribution in [0, 0.1) is 11.3 Å². The summed E-state index contributed by atoms with van der Waals surface area (Å²) in [6, 6.07) is 16.4. The van der Waals surface area contributed by atoms with Crippen molar-refractivity contribution in [1.82, 2.24) is 0 Å². The van der Waals surface area contributed by atoms with Gasteiger partial charge in [0.15, 0.2) is 0 Å². The lowest BCUT2D eigenvalue weighted by atomic mass is 10.1. The largest absolute Gasteiger partial charge is 0.397 e. The summed E-state index contributed by atoms with van der Waals surface area (Å²) in [6.07, 6.45) is 2.05. The minimum atomic E-state index is 0.382. The molecule has 0 saturated carbocycles. The van der Waals surface area contributed by atoms with Crippen LogP contribution in [-0.4, -0.2) is 6.04 Å². The van der Waals surface area contributed by atoms with Gasteiger partial charge in [-0.3, -0.25) is 0 Å². The predicted molar refractivity (Wildman–Crippen MR) is 76.8 cm³/mol. The van der Waals surface area contributed by atoms with Gasteiger partial charge in [-0.2, -0.15) is 5.26 Å². The van der Waals surface area contributed by atoms with Crippen molar-refractivity contribution < 1.29 is 0 Å². The van der Waals surface area contributed by atoms with Crippen LogP contribution in [0.1, 0.15) is 16.7 Å². The zero-order valence-electron chi connectivity index (χ0n) is 10.6. The smallest absolute Gasteiger partial charge is 0.0992 e. The summed E-state index contributed by atoms with van der Waals surface area (Å²) in [7, 11) is 0. The lowest BCUT2D eigenvalue weighted by Crippen LogP contribution is -2.20. The molecule has 0 amide bonds. The van der Waals surface area contributed by atoms with Crippen molar-refractivity contribution in [2.24, 2.45) is 0 Å².